The summed E-state index contributed by atoms with van der Waals surface area (Å²) in [5, 5.41) is 12.9. The number of amides is 3. The monoisotopic (exact) mass is 510 g/mol. The van der Waals surface area contributed by atoms with Gasteiger partial charge in [0, 0.05) is 31.2 Å². The molecule has 3 atom stereocenters. The number of nitrogens with zero attached hydrogens (tertiary/aromatic N) is 2. The maximum Gasteiger partial charge on any atom is 0.317 e. The Morgan fingerprint density at radius 2 is 1.97 bits per heavy atom. The average molecular weight is 511 g/mol. The number of rotatable bonds is 7. The molecule has 0 spiro atoms. The summed E-state index contributed by atoms with van der Waals surface area (Å²) in [4.78, 5) is 29.4. The van der Waals surface area contributed by atoms with E-state index in [4.69, 9.17) is 4.74 Å². The zero-order valence-electron chi connectivity index (χ0n) is 21.0. The fraction of sp³-hybridized carbons (Fsp3) is 0.667. The second kappa shape index (κ2) is 11.5. The molecule has 3 rings (SSSR count). The van der Waals surface area contributed by atoms with Gasteiger partial charge in [0.2, 0.25) is 10.0 Å². The quantitative estimate of drug-likeness (QED) is 0.516. The van der Waals surface area contributed by atoms with E-state index in [-0.39, 0.29) is 41.8 Å². The van der Waals surface area contributed by atoms with Gasteiger partial charge in [-0.25, -0.2) is 13.2 Å². The van der Waals surface area contributed by atoms with Crippen molar-refractivity contribution in [3.63, 3.8) is 0 Å². The molecule has 1 aromatic carbocycles. The lowest BCUT2D eigenvalue weighted by Gasteiger charge is -2.38. The van der Waals surface area contributed by atoms with Crippen LogP contribution in [-0.2, 0) is 10.0 Å². The van der Waals surface area contributed by atoms with Gasteiger partial charge in [0.25, 0.3) is 5.91 Å². The minimum Gasteiger partial charge on any atom is -0.487 e. The molecule has 1 aliphatic heterocycles. The van der Waals surface area contributed by atoms with Crippen LogP contribution in [0.15, 0.2) is 18.2 Å². The molecule has 1 saturated carbocycles. The van der Waals surface area contributed by atoms with Crippen molar-refractivity contribution in [1.82, 2.24) is 15.1 Å². The molecule has 0 bridgehead atoms. The van der Waals surface area contributed by atoms with E-state index in [2.05, 4.69) is 10.0 Å². The maximum atomic E-state index is 13.4. The van der Waals surface area contributed by atoms with Crippen molar-refractivity contribution in [3.05, 3.63) is 23.8 Å². The van der Waals surface area contributed by atoms with Crippen LogP contribution in [0.25, 0.3) is 0 Å². The first-order valence-electron chi connectivity index (χ1n) is 12.2. The molecule has 196 valence electrons. The SMILES string of the molecule is C[C@@H]1CN([C@@H](C)CO)C(=O)c2cc(NS(C)(=O)=O)ccc2O[C@@H]1CN(C)C(=O)NC1CCCCC1. The number of benzene rings is 1. The van der Waals surface area contributed by atoms with Crippen LogP contribution in [0, 0.1) is 5.92 Å². The molecule has 1 aromatic rings. The first-order valence-corrected chi connectivity index (χ1v) is 14.1. The fourth-order valence-electron chi connectivity index (χ4n) is 4.60. The zero-order chi connectivity index (χ0) is 25.8. The molecular formula is C24H38N4O6S. The molecule has 0 unspecified atom stereocenters. The minimum atomic E-state index is -3.54. The lowest BCUT2D eigenvalue weighted by atomic mass is 9.96. The largest absolute Gasteiger partial charge is 0.487 e. The van der Waals surface area contributed by atoms with Gasteiger partial charge in [0.1, 0.15) is 11.9 Å². The molecule has 0 radical (unpaired) electrons. The predicted octanol–water partition coefficient (Wildman–Crippen LogP) is 2.25. The Balaban J connectivity index is 1.85. The average Bonchev–Trinajstić information content (AvgIpc) is 2.80. The summed E-state index contributed by atoms with van der Waals surface area (Å²) < 4.78 is 32.1. The van der Waals surface area contributed by atoms with E-state index in [0.29, 0.717) is 18.8 Å². The number of carbonyl (C=O) groups is 2. The number of sulfonamides is 1. The fourth-order valence-corrected chi connectivity index (χ4v) is 5.16. The number of hydrogen-bond donors (Lipinski definition) is 3. The summed E-state index contributed by atoms with van der Waals surface area (Å²) in [6.45, 7) is 4.10. The standard InChI is InChI=1S/C24H38N4O6S/c1-16-13-28(17(2)15-29)23(30)20-12-19(26-35(4,32)33)10-11-21(20)34-22(16)14-27(3)24(31)25-18-8-6-5-7-9-18/h10-12,16-18,22,26,29H,5-9,13-15H2,1-4H3,(H,25,31)/t16-,17+,22-/m1/s1. The number of aliphatic hydroxyl groups is 1. The molecule has 11 heteroatoms. The zero-order valence-corrected chi connectivity index (χ0v) is 21.8. The first kappa shape index (κ1) is 27.1. The highest BCUT2D eigenvalue weighted by Crippen LogP contribution is 2.31. The Bertz CT molecular complexity index is 1010. The van der Waals surface area contributed by atoms with Crippen molar-refractivity contribution in [2.45, 2.75) is 64.1 Å². The number of nitrogens with one attached hydrogen (secondary N) is 2. The number of likely N-dealkylation sites (N-methyl/N-ethyl adjacent to an activating group) is 1. The van der Waals surface area contributed by atoms with E-state index in [1.807, 2.05) is 6.92 Å². The maximum absolute atomic E-state index is 13.4. The Morgan fingerprint density at radius 1 is 1.29 bits per heavy atom. The van der Waals surface area contributed by atoms with Gasteiger partial charge in [0.05, 0.1) is 31.0 Å². The van der Waals surface area contributed by atoms with Gasteiger partial charge in [-0.2, -0.15) is 0 Å². The third-order valence-corrected chi connectivity index (χ3v) is 7.31. The first-order chi connectivity index (χ1) is 16.5. The Labute approximate surface area is 208 Å². The van der Waals surface area contributed by atoms with Crippen LogP contribution in [0.5, 0.6) is 5.75 Å². The Morgan fingerprint density at radius 3 is 2.60 bits per heavy atom. The van der Waals surface area contributed by atoms with E-state index in [1.165, 1.54) is 18.6 Å². The molecule has 1 heterocycles. The predicted molar refractivity (Wildman–Crippen MR) is 134 cm³/mol. The van der Waals surface area contributed by atoms with Crippen molar-refractivity contribution >= 4 is 27.6 Å². The second-order valence-electron chi connectivity index (χ2n) is 9.87. The van der Waals surface area contributed by atoms with Crippen molar-refractivity contribution in [3.8, 4) is 5.75 Å². The van der Waals surface area contributed by atoms with Gasteiger partial charge in [-0.3, -0.25) is 9.52 Å². The van der Waals surface area contributed by atoms with E-state index >= 15 is 0 Å². The highest BCUT2D eigenvalue weighted by atomic mass is 32.2. The molecule has 1 aliphatic carbocycles. The molecule has 0 aromatic heterocycles. The third kappa shape index (κ3) is 7.23. The summed E-state index contributed by atoms with van der Waals surface area (Å²) in [6.07, 6.45) is 6.04. The summed E-state index contributed by atoms with van der Waals surface area (Å²) in [5.74, 6) is -0.186. The van der Waals surface area contributed by atoms with Crippen molar-refractivity contribution < 1.29 is 27.9 Å². The van der Waals surface area contributed by atoms with Gasteiger partial charge < -0.3 is 25.0 Å². The summed E-state index contributed by atoms with van der Waals surface area (Å²) >= 11 is 0. The topological polar surface area (TPSA) is 128 Å². The molecule has 35 heavy (non-hydrogen) atoms. The lowest BCUT2D eigenvalue weighted by Crippen LogP contribution is -2.52. The van der Waals surface area contributed by atoms with E-state index in [1.54, 1.807) is 29.8 Å². The number of ether oxygens (including phenoxy) is 1. The molecule has 1 fully saturated rings. The lowest BCUT2D eigenvalue weighted by molar-refractivity contribution is 0.0366. The van der Waals surface area contributed by atoms with Gasteiger partial charge in [-0.1, -0.05) is 26.2 Å². The summed E-state index contributed by atoms with van der Waals surface area (Å²) in [6, 6.07) is 4.14. The van der Waals surface area contributed by atoms with Crippen molar-refractivity contribution in [1.29, 1.82) is 0 Å². The highest BCUT2D eigenvalue weighted by Gasteiger charge is 2.34. The minimum absolute atomic E-state index is 0.139. The van der Waals surface area contributed by atoms with Crippen LogP contribution in [0.2, 0.25) is 0 Å². The summed E-state index contributed by atoms with van der Waals surface area (Å²) in [5.41, 5.74) is 0.444. The van der Waals surface area contributed by atoms with Crippen LogP contribution < -0.4 is 14.8 Å². The summed E-state index contributed by atoms with van der Waals surface area (Å²) in [7, 11) is -1.81. The second-order valence-corrected chi connectivity index (χ2v) is 11.6. The number of carbonyl (C=O) groups excluding carboxylic acids is 2. The highest BCUT2D eigenvalue weighted by molar-refractivity contribution is 7.92. The molecule has 3 amide bonds. The van der Waals surface area contributed by atoms with Gasteiger partial charge in [-0.15, -0.1) is 0 Å². The Hall–Kier alpha value is -2.53. The van der Waals surface area contributed by atoms with Crippen LogP contribution in [0.3, 0.4) is 0 Å². The van der Waals surface area contributed by atoms with Gasteiger partial charge >= 0.3 is 6.03 Å². The van der Waals surface area contributed by atoms with E-state index < -0.39 is 22.2 Å². The van der Waals surface area contributed by atoms with Crippen LogP contribution in [-0.4, -0.2) is 86.4 Å². The van der Waals surface area contributed by atoms with Gasteiger partial charge in [0.15, 0.2) is 0 Å². The number of hydrogen-bond acceptors (Lipinski definition) is 6. The molecule has 10 nitrogen and oxygen atoms in total. The molecular weight excluding hydrogens is 472 g/mol. The van der Waals surface area contributed by atoms with Crippen LogP contribution in [0.4, 0.5) is 10.5 Å². The smallest absolute Gasteiger partial charge is 0.317 e. The van der Waals surface area contributed by atoms with Crippen LogP contribution >= 0.6 is 0 Å². The van der Waals surface area contributed by atoms with Crippen molar-refractivity contribution in [2.75, 3.05) is 37.7 Å². The van der Waals surface area contributed by atoms with Gasteiger partial charge in [-0.05, 0) is 38.0 Å². The number of urea groups is 1. The van der Waals surface area contributed by atoms with E-state index in [9.17, 15) is 23.1 Å². The molecule has 2 aliphatic rings. The number of fused-ring (bicyclic) bond motifs is 1. The Kier molecular flexibility index (Phi) is 8.87. The number of aliphatic hydroxyl groups excluding tert-OH is 1. The third-order valence-electron chi connectivity index (χ3n) is 6.70. The molecule has 3 N–H and O–H groups in total. The number of anilines is 1. The van der Waals surface area contributed by atoms with E-state index in [0.717, 1.165) is 31.9 Å². The molecule has 0 saturated heterocycles. The van der Waals surface area contributed by atoms with Crippen LogP contribution in [0.1, 0.15) is 56.3 Å². The van der Waals surface area contributed by atoms with Crippen molar-refractivity contribution in [2.24, 2.45) is 5.92 Å². The normalized spacial score (nSPS) is 22.3.